The molecule has 1 aliphatic carbocycles. The molecule has 0 saturated heterocycles. The Bertz CT molecular complexity index is 201. The maximum atomic E-state index is 4.59. The van der Waals surface area contributed by atoms with Crippen molar-refractivity contribution in [1.82, 2.24) is 10.6 Å². The van der Waals surface area contributed by atoms with Crippen molar-refractivity contribution in [2.24, 2.45) is 4.99 Å². The SMILES string of the molecule is CCCCN=C(NCC)NC1CCCCC1.I. The third-order valence-corrected chi connectivity index (χ3v) is 3.07. The number of guanidine groups is 1. The summed E-state index contributed by atoms with van der Waals surface area (Å²) in [5.41, 5.74) is 0. The molecule has 0 aromatic carbocycles. The summed E-state index contributed by atoms with van der Waals surface area (Å²) in [6, 6.07) is 0.646. The molecule has 0 unspecified atom stereocenters. The van der Waals surface area contributed by atoms with Gasteiger partial charge in [-0.15, -0.1) is 24.0 Å². The number of unbranched alkanes of at least 4 members (excludes halogenated alkanes) is 1. The van der Waals surface area contributed by atoms with E-state index in [1.807, 2.05) is 0 Å². The summed E-state index contributed by atoms with van der Waals surface area (Å²) < 4.78 is 0. The highest BCUT2D eigenvalue weighted by molar-refractivity contribution is 14.0. The summed E-state index contributed by atoms with van der Waals surface area (Å²) in [5.74, 6) is 1.02. The fourth-order valence-corrected chi connectivity index (χ4v) is 2.11. The molecule has 0 aromatic heterocycles. The molecule has 1 rings (SSSR count). The Morgan fingerprint density at radius 1 is 1.18 bits per heavy atom. The Labute approximate surface area is 123 Å². The van der Waals surface area contributed by atoms with E-state index in [1.54, 1.807) is 0 Å². The summed E-state index contributed by atoms with van der Waals surface area (Å²) in [4.78, 5) is 4.59. The van der Waals surface area contributed by atoms with Crippen LogP contribution in [0.25, 0.3) is 0 Å². The van der Waals surface area contributed by atoms with Crippen molar-refractivity contribution >= 4 is 29.9 Å². The van der Waals surface area contributed by atoms with Gasteiger partial charge in [-0.05, 0) is 26.2 Å². The van der Waals surface area contributed by atoms with Crippen LogP contribution in [0.2, 0.25) is 0 Å². The van der Waals surface area contributed by atoms with E-state index in [4.69, 9.17) is 0 Å². The lowest BCUT2D eigenvalue weighted by molar-refractivity contribution is 0.410. The Morgan fingerprint density at radius 2 is 1.88 bits per heavy atom. The zero-order valence-corrected chi connectivity index (χ0v) is 13.6. The summed E-state index contributed by atoms with van der Waals surface area (Å²) in [5, 5.41) is 6.88. The quantitative estimate of drug-likeness (QED) is 0.344. The average molecular weight is 353 g/mol. The minimum Gasteiger partial charge on any atom is -0.357 e. The monoisotopic (exact) mass is 353 g/mol. The normalized spacial score (nSPS) is 17.4. The summed E-state index contributed by atoms with van der Waals surface area (Å²) in [7, 11) is 0. The first-order chi connectivity index (χ1) is 7.86. The van der Waals surface area contributed by atoms with E-state index in [-0.39, 0.29) is 24.0 Å². The maximum Gasteiger partial charge on any atom is 0.191 e. The molecule has 102 valence electrons. The van der Waals surface area contributed by atoms with E-state index in [1.165, 1.54) is 44.9 Å². The van der Waals surface area contributed by atoms with Crippen molar-refractivity contribution in [3.63, 3.8) is 0 Å². The molecule has 0 bridgehead atoms. The van der Waals surface area contributed by atoms with E-state index in [2.05, 4.69) is 29.5 Å². The molecule has 0 heterocycles. The van der Waals surface area contributed by atoms with Gasteiger partial charge in [0.2, 0.25) is 0 Å². The molecule has 0 amide bonds. The highest BCUT2D eigenvalue weighted by atomic mass is 127. The minimum atomic E-state index is 0. The number of rotatable bonds is 5. The highest BCUT2D eigenvalue weighted by Crippen LogP contribution is 2.17. The fraction of sp³-hybridized carbons (Fsp3) is 0.923. The third kappa shape index (κ3) is 7.84. The summed E-state index contributed by atoms with van der Waals surface area (Å²) in [6.07, 6.45) is 9.14. The van der Waals surface area contributed by atoms with Crippen LogP contribution in [0.1, 0.15) is 58.8 Å². The number of halogens is 1. The molecular formula is C13H28IN3. The molecule has 3 nitrogen and oxygen atoms in total. The van der Waals surface area contributed by atoms with E-state index in [0.717, 1.165) is 19.0 Å². The maximum absolute atomic E-state index is 4.59. The van der Waals surface area contributed by atoms with Gasteiger partial charge in [0.15, 0.2) is 5.96 Å². The van der Waals surface area contributed by atoms with Crippen molar-refractivity contribution in [3.05, 3.63) is 0 Å². The summed E-state index contributed by atoms with van der Waals surface area (Å²) >= 11 is 0. The van der Waals surface area contributed by atoms with Crippen LogP contribution < -0.4 is 10.6 Å². The van der Waals surface area contributed by atoms with Crippen molar-refractivity contribution < 1.29 is 0 Å². The highest BCUT2D eigenvalue weighted by Gasteiger charge is 2.13. The second kappa shape index (κ2) is 11.1. The van der Waals surface area contributed by atoms with Crippen LogP contribution in [0.15, 0.2) is 4.99 Å². The van der Waals surface area contributed by atoms with Gasteiger partial charge in [-0.2, -0.15) is 0 Å². The molecule has 1 aliphatic rings. The van der Waals surface area contributed by atoms with Gasteiger partial charge in [0.05, 0.1) is 0 Å². The molecule has 0 spiro atoms. The smallest absolute Gasteiger partial charge is 0.191 e. The molecule has 0 aliphatic heterocycles. The molecular weight excluding hydrogens is 325 g/mol. The Kier molecular flexibility index (Phi) is 11.1. The van der Waals surface area contributed by atoms with Gasteiger partial charge in [0.1, 0.15) is 0 Å². The fourth-order valence-electron chi connectivity index (χ4n) is 2.11. The van der Waals surface area contributed by atoms with Crippen LogP contribution in [0.5, 0.6) is 0 Å². The minimum absolute atomic E-state index is 0. The lowest BCUT2D eigenvalue weighted by atomic mass is 9.96. The molecule has 2 N–H and O–H groups in total. The predicted octanol–water partition coefficient (Wildman–Crippen LogP) is 3.29. The standard InChI is InChI=1S/C13H27N3.HI/c1-3-5-11-15-13(14-4-2)16-12-9-7-6-8-10-12;/h12H,3-11H2,1-2H3,(H2,14,15,16);1H. The van der Waals surface area contributed by atoms with Gasteiger partial charge in [0, 0.05) is 19.1 Å². The van der Waals surface area contributed by atoms with Crippen molar-refractivity contribution in [3.8, 4) is 0 Å². The lowest BCUT2D eigenvalue weighted by Crippen LogP contribution is -2.44. The van der Waals surface area contributed by atoms with Gasteiger partial charge in [0.25, 0.3) is 0 Å². The van der Waals surface area contributed by atoms with Crippen LogP contribution in [0.4, 0.5) is 0 Å². The molecule has 1 fully saturated rings. The molecule has 1 saturated carbocycles. The topological polar surface area (TPSA) is 36.4 Å². The molecule has 0 atom stereocenters. The van der Waals surface area contributed by atoms with Crippen LogP contribution in [0, 0.1) is 0 Å². The Hall–Kier alpha value is 0. The summed E-state index contributed by atoms with van der Waals surface area (Å²) in [6.45, 7) is 6.22. The van der Waals surface area contributed by atoms with Gasteiger partial charge in [-0.1, -0.05) is 32.6 Å². The number of nitrogens with one attached hydrogen (secondary N) is 2. The van der Waals surface area contributed by atoms with Crippen LogP contribution in [-0.2, 0) is 0 Å². The number of aliphatic imine (C=N–C) groups is 1. The van der Waals surface area contributed by atoms with E-state index < -0.39 is 0 Å². The molecule has 17 heavy (non-hydrogen) atoms. The van der Waals surface area contributed by atoms with E-state index in [0.29, 0.717) is 6.04 Å². The zero-order chi connectivity index (χ0) is 11.6. The van der Waals surface area contributed by atoms with E-state index >= 15 is 0 Å². The molecule has 0 aromatic rings. The second-order valence-corrected chi connectivity index (χ2v) is 4.59. The average Bonchev–Trinajstić information content (AvgIpc) is 2.31. The largest absolute Gasteiger partial charge is 0.357 e. The first-order valence-corrected chi connectivity index (χ1v) is 6.91. The van der Waals surface area contributed by atoms with Crippen molar-refractivity contribution in [2.75, 3.05) is 13.1 Å². The van der Waals surface area contributed by atoms with Gasteiger partial charge in [-0.3, -0.25) is 4.99 Å². The van der Waals surface area contributed by atoms with Gasteiger partial charge < -0.3 is 10.6 Å². The van der Waals surface area contributed by atoms with Crippen molar-refractivity contribution in [1.29, 1.82) is 0 Å². The number of nitrogens with zero attached hydrogens (tertiary/aromatic N) is 1. The van der Waals surface area contributed by atoms with Crippen LogP contribution in [-0.4, -0.2) is 25.1 Å². The third-order valence-electron chi connectivity index (χ3n) is 3.07. The van der Waals surface area contributed by atoms with Crippen LogP contribution in [0.3, 0.4) is 0 Å². The number of hydrogen-bond donors (Lipinski definition) is 2. The molecule has 0 radical (unpaired) electrons. The number of hydrogen-bond acceptors (Lipinski definition) is 1. The van der Waals surface area contributed by atoms with Crippen LogP contribution >= 0.6 is 24.0 Å². The van der Waals surface area contributed by atoms with Gasteiger partial charge in [-0.25, -0.2) is 0 Å². The first kappa shape index (κ1) is 17.0. The predicted molar refractivity (Wildman–Crippen MR) is 86.3 cm³/mol. The zero-order valence-electron chi connectivity index (χ0n) is 11.3. The van der Waals surface area contributed by atoms with Crippen molar-refractivity contribution in [2.45, 2.75) is 64.8 Å². The Balaban J connectivity index is 0.00000256. The first-order valence-electron chi connectivity index (χ1n) is 6.91. The lowest BCUT2D eigenvalue weighted by Gasteiger charge is -2.24. The van der Waals surface area contributed by atoms with E-state index in [9.17, 15) is 0 Å². The molecule has 4 heteroatoms. The Morgan fingerprint density at radius 3 is 2.47 bits per heavy atom. The second-order valence-electron chi connectivity index (χ2n) is 4.59. The van der Waals surface area contributed by atoms with Gasteiger partial charge >= 0.3 is 0 Å².